The van der Waals surface area contributed by atoms with Gasteiger partial charge in [0.15, 0.2) is 0 Å². The van der Waals surface area contributed by atoms with Crippen LogP contribution in [0.3, 0.4) is 0 Å². The van der Waals surface area contributed by atoms with Crippen LogP contribution in [0.5, 0.6) is 0 Å². The van der Waals surface area contributed by atoms with E-state index < -0.39 is 0 Å². The highest BCUT2D eigenvalue weighted by Crippen LogP contribution is 2.29. The summed E-state index contributed by atoms with van der Waals surface area (Å²) < 4.78 is 0. The molecule has 134 valence electrons. The minimum absolute atomic E-state index is 0.950. The summed E-state index contributed by atoms with van der Waals surface area (Å²) in [4.78, 5) is 10.0. The van der Waals surface area contributed by atoms with Gasteiger partial charge in [-0.25, -0.2) is 9.97 Å². The Balaban J connectivity index is 1.75. The Morgan fingerprint density at radius 3 is 1.36 bits per heavy atom. The molecule has 0 aliphatic carbocycles. The summed E-state index contributed by atoms with van der Waals surface area (Å²) in [5.74, 6) is 0. The van der Waals surface area contributed by atoms with Gasteiger partial charge in [-0.15, -0.1) is 0 Å². The zero-order valence-electron chi connectivity index (χ0n) is 16.0. The fourth-order valence-electron chi connectivity index (χ4n) is 3.70. The van der Waals surface area contributed by atoms with Gasteiger partial charge in [0.2, 0.25) is 0 Å². The van der Waals surface area contributed by atoms with Crippen LogP contribution < -0.4 is 0 Å². The van der Waals surface area contributed by atoms with Crippen molar-refractivity contribution in [2.24, 2.45) is 0 Å². The van der Waals surface area contributed by atoms with E-state index in [-0.39, 0.29) is 0 Å². The van der Waals surface area contributed by atoms with Crippen molar-refractivity contribution < 1.29 is 0 Å². The van der Waals surface area contributed by atoms with Crippen LogP contribution in [0.4, 0.5) is 0 Å². The lowest BCUT2D eigenvalue weighted by molar-refractivity contribution is 1.35. The highest BCUT2D eigenvalue weighted by atomic mass is 14.8. The van der Waals surface area contributed by atoms with E-state index >= 15 is 0 Å². The average Bonchev–Trinajstić information content (AvgIpc) is 2.73. The monoisotopic (exact) mass is 360 g/mol. The first kappa shape index (κ1) is 16.6. The maximum atomic E-state index is 5.00. The van der Waals surface area contributed by atoms with Crippen LogP contribution in [0.15, 0.2) is 84.9 Å². The maximum absolute atomic E-state index is 5.00. The molecule has 5 aromatic rings. The van der Waals surface area contributed by atoms with E-state index in [2.05, 4.69) is 98.8 Å². The summed E-state index contributed by atoms with van der Waals surface area (Å²) in [5.41, 5.74) is 8.59. The Morgan fingerprint density at radius 2 is 0.929 bits per heavy atom. The standard InChI is InChI=1S/C26H20N2/c1-17-5-3-7-21(15-17)23-13-11-19-9-10-20-12-14-24(28-26(20)25(19)27-23)22-8-4-6-18(2)16-22/h3-16H,1-2H3. The van der Waals surface area contributed by atoms with Gasteiger partial charge in [-0.2, -0.15) is 0 Å². The SMILES string of the molecule is Cc1cccc(-c2ccc3ccc4ccc(-c5cccc(C)c5)nc4c3n2)c1. The fourth-order valence-corrected chi connectivity index (χ4v) is 3.70. The van der Waals surface area contributed by atoms with Crippen molar-refractivity contribution in [1.29, 1.82) is 0 Å². The van der Waals surface area contributed by atoms with Crippen molar-refractivity contribution in [3.63, 3.8) is 0 Å². The number of aryl methyl sites for hydroxylation is 2. The van der Waals surface area contributed by atoms with Crippen molar-refractivity contribution in [1.82, 2.24) is 9.97 Å². The van der Waals surface area contributed by atoms with Crippen LogP contribution in [-0.4, -0.2) is 9.97 Å². The number of rotatable bonds is 2. The molecule has 0 N–H and O–H groups in total. The van der Waals surface area contributed by atoms with Gasteiger partial charge in [-0.1, -0.05) is 71.8 Å². The topological polar surface area (TPSA) is 25.8 Å². The third-order valence-electron chi connectivity index (χ3n) is 5.15. The lowest BCUT2D eigenvalue weighted by Crippen LogP contribution is -1.91. The Kier molecular flexibility index (Phi) is 3.91. The molecule has 2 nitrogen and oxygen atoms in total. The smallest absolute Gasteiger partial charge is 0.0972 e. The van der Waals surface area contributed by atoms with Crippen LogP contribution in [0.1, 0.15) is 11.1 Å². The lowest BCUT2D eigenvalue weighted by atomic mass is 10.0. The molecule has 0 unspecified atom stereocenters. The summed E-state index contributed by atoms with van der Waals surface area (Å²) in [6, 6.07) is 29.6. The first-order valence-electron chi connectivity index (χ1n) is 9.52. The van der Waals surface area contributed by atoms with Gasteiger partial charge in [0, 0.05) is 21.9 Å². The Morgan fingerprint density at radius 1 is 0.500 bits per heavy atom. The molecule has 0 atom stereocenters. The summed E-state index contributed by atoms with van der Waals surface area (Å²) in [6.45, 7) is 4.21. The number of nitrogens with zero attached hydrogens (tertiary/aromatic N) is 2. The molecule has 0 saturated carbocycles. The summed E-state index contributed by atoms with van der Waals surface area (Å²) >= 11 is 0. The molecule has 0 fully saturated rings. The summed E-state index contributed by atoms with van der Waals surface area (Å²) in [7, 11) is 0. The molecule has 0 amide bonds. The van der Waals surface area contributed by atoms with E-state index in [0.717, 1.165) is 44.3 Å². The Hall–Kier alpha value is -3.52. The molecule has 0 radical (unpaired) electrons. The van der Waals surface area contributed by atoms with E-state index in [1.807, 2.05) is 0 Å². The van der Waals surface area contributed by atoms with Gasteiger partial charge in [0.05, 0.1) is 22.4 Å². The maximum Gasteiger partial charge on any atom is 0.0972 e. The first-order chi connectivity index (χ1) is 13.7. The van der Waals surface area contributed by atoms with Crippen LogP contribution in [0.25, 0.3) is 44.3 Å². The normalized spacial score (nSPS) is 11.2. The van der Waals surface area contributed by atoms with Gasteiger partial charge in [-0.3, -0.25) is 0 Å². The number of fused-ring (bicyclic) bond motifs is 3. The third-order valence-corrected chi connectivity index (χ3v) is 5.15. The molecule has 0 bridgehead atoms. The van der Waals surface area contributed by atoms with Crippen molar-refractivity contribution in [2.45, 2.75) is 13.8 Å². The minimum atomic E-state index is 0.950. The summed E-state index contributed by atoms with van der Waals surface area (Å²) in [6.07, 6.45) is 0. The molecular weight excluding hydrogens is 340 g/mol. The zero-order chi connectivity index (χ0) is 19.1. The zero-order valence-corrected chi connectivity index (χ0v) is 16.0. The molecule has 3 aromatic carbocycles. The lowest BCUT2D eigenvalue weighted by Gasteiger charge is -2.09. The highest BCUT2D eigenvalue weighted by Gasteiger charge is 2.09. The second-order valence-corrected chi connectivity index (χ2v) is 7.34. The van der Waals surface area contributed by atoms with Crippen molar-refractivity contribution in [3.05, 3.63) is 96.1 Å². The Bertz CT molecular complexity index is 1230. The number of hydrogen-bond donors (Lipinski definition) is 0. The molecule has 28 heavy (non-hydrogen) atoms. The molecule has 0 saturated heterocycles. The highest BCUT2D eigenvalue weighted by molar-refractivity contribution is 6.04. The van der Waals surface area contributed by atoms with E-state index in [9.17, 15) is 0 Å². The largest absolute Gasteiger partial charge is 0.245 e. The van der Waals surface area contributed by atoms with Gasteiger partial charge >= 0.3 is 0 Å². The molecule has 0 aliphatic heterocycles. The number of pyridine rings is 2. The molecule has 0 spiro atoms. The van der Waals surface area contributed by atoms with Gasteiger partial charge in [-0.05, 0) is 38.1 Å². The Labute approximate surface area is 164 Å². The first-order valence-corrected chi connectivity index (χ1v) is 9.52. The van der Waals surface area contributed by atoms with Crippen LogP contribution in [-0.2, 0) is 0 Å². The third kappa shape index (κ3) is 2.93. The van der Waals surface area contributed by atoms with E-state index in [1.54, 1.807) is 0 Å². The molecule has 2 heteroatoms. The fraction of sp³-hybridized carbons (Fsp3) is 0.0769. The van der Waals surface area contributed by atoms with Crippen LogP contribution in [0.2, 0.25) is 0 Å². The molecule has 2 aromatic heterocycles. The second kappa shape index (κ2) is 6.58. The van der Waals surface area contributed by atoms with Crippen molar-refractivity contribution in [2.75, 3.05) is 0 Å². The summed E-state index contributed by atoms with van der Waals surface area (Å²) in [5, 5.41) is 2.22. The van der Waals surface area contributed by atoms with E-state index in [4.69, 9.17) is 9.97 Å². The number of benzene rings is 3. The molecule has 0 aliphatic rings. The van der Waals surface area contributed by atoms with Gasteiger partial charge in [0.25, 0.3) is 0 Å². The van der Waals surface area contributed by atoms with Crippen molar-refractivity contribution >= 4 is 21.8 Å². The van der Waals surface area contributed by atoms with Gasteiger partial charge < -0.3 is 0 Å². The second-order valence-electron chi connectivity index (χ2n) is 7.34. The van der Waals surface area contributed by atoms with E-state index in [0.29, 0.717) is 0 Å². The molecule has 2 heterocycles. The van der Waals surface area contributed by atoms with E-state index in [1.165, 1.54) is 11.1 Å². The number of aromatic nitrogens is 2. The number of hydrogen-bond acceptors (Lipinski definition) is 2. The molecule has 5 rings (SSSR count). The quantitative estimate of drug-likeness (QED) is 0.326. The predicted octanol–water partition coefficient (Wildman–Crippen LogP) is 6.73. The average molecular weight is 360 g/mol. The van der Waals surface area contributed by atoms with Crippen LogP contribution >= 0.6 is 0 Å². The molecular formula is C26H20N2. The predicted molar refractivity (Wildman–Crippen MR) is 117 cm³/mol. The van der Waals surface area contributed by atoms with Crippen molar-refractivity contribution in [3.8, 4) is 22.5 Å². The van der Waals surface area contributed by atoms with Crippen LogP contribution in [0, 0.1) is 13.8 Å². The minimum Gasteiger partial charge on any atom is -0.245 e. The van der Waals surface area contributed by atoms with Gasteiger partial charge in [0.1, 0.15) is 0 Å².